The van der Waals surface area contributed by atoms with E-state index >= 15 is 0 Å². The monoisotopic (exact) mass is 519 g/mol. The van der Waals surface area contributed by atoms with Gasteiger partial charge in [-0.2, -0.15) is 17.0 Å². The third-order valence-corrected chi connectivity index (χ3v) is 8.63. The van der Waals surface area contributed by atoms with Gasteiger partial charge in [-0.1, -0.05) is 54.6 Å². The van der Waals surface area contributed by atoms with E-state index in [1.807, 2.05) is 47.9 Å². The summed E-state index contributed by atoms with van der Waals surface area (Å²) in [6, 6.07) is 25.4. The molecule has 4 nitrogen and oxygen atoms in total. The minimum absolute atomic E-state index is 0.120. The van der Waals surface area contributed by atoms with E-state index in [2.05, 4.69) is 62.4 Å². The number of nitriles is 1. The van der Waals surface area contributed by atoms with E-state index in [4.69, 9.17) is 5.73 Å². The molecule has 0 spiro atoms. The van der Waals surface area contributed by atoms with Crippen LogP contribution in [0.5, 0.6) is 0 Å². The first-order valence-electron chi connectivity index (χ1n) is 13.1. The Balaban J connectivity index is 1.58. The molecular formula is C33H33N3OS. The molecule has 3 aromatic carbocycles. The Morgan fingerprint density at radius 1 is 0.974 bits per heavy atom. The zero-order valence-electron chi connectivity index (χ0n) is 22.3. The number of benzene rings is 3. The van der Waals surface area contributed by atoms with Crippen molar-refractivity contribution in [1.29, 1.82) is 5.26 Å². The summed E-state index contributed by atoms with van der Waals surface area (Å²) in [5, 5.41) is 10.4. The minimum Gasteiger partial charge on any atom is -0.384 e. The second-order valence-corrected chi connectivity index (χ2v) is 11.3. The molecule has 5 heteroatoms. The van der Waals surface area contributed by atoms with Crippen LogP contribution < -0.4 is 10.6 Å². The van der Waals surface area contributed by atoms with Crippen molar-refractivity contribution in [2.75, 3.05) is 4.90 Å². The number of Topliss-reactive ketones (excluding diaryl/α,β-unsaturated/α-hetero) is 1. The number of aryl methyl sites for hydroxylation is 3. The molecule has 1 aliphatic carbocycles. The molecule has 192 valence electrons. The molecule has 0 bridgehead atoms. The Hall–Kier alpha value is -3.75. The van der Waals surface area contributed by atoms with E-state index in [9.17, 15) is 10.1 Å². The first-order valence-corrected chi connectivity index (χ1v) is 14.3. The third kappa shape index (κ3) is 4.89. The van der Waals surface area contributed by atoms with Gasteiger partial charge in [0, 0.05) is 34.9 Å². The second-order valence-electron chi connectivity index (χ2n) is 10.3. The SMILES string of the molecule is Cc1cccc(N2C(N)=C(C#N)C(c3cc(CSCc4ccccc4)c(C)cc3C)C3=C2CCCC3=O)c1. The Morgan fingerprint density at radius 3 is 2.50 bits per heavy atom. The molecule has 2 aliphatic rings. The molecule has 2 N–H and O–H groups in total. The highest BCUT2D eigenvalue weighted by molar-refractivity contribution is 7.97. The first-order chi connectivity index (χ1) is 18.4. The summed E-state index contributed by atoms with van der Waals surface area (Å²) in [5.74, 6) is 1.90. The number of anilines is 1. The number of rotatable bonds is 6. The van der Waals surface area contributed by atoms with Crippen LogP contribution in [0.4, 0.5) is 5.69 Å². The zero-order valence-corrected chi connectivity index (χ0v) is 23.1. The van der Waals surface area contributed by atoms with E-state index < -0.39 is 5.92 Å². The van der Waals surface area contributed by atoms with Crippen molar-refractivity contribution in [1.82, 2.24) is 0 Å². The Bertz CT molecular complexity index is 1500. The maximum atomic E-state index is 13.6. The van der Waals surface area contributed by atoms with Crippen LogP contribution in [0.3, 0.4) is 0 Å². The van der Waals surface area contributed by atoms with Crippen molar-refractivity contribution in [3.05, 3.63) is 123 Å². The van der Waals surface area contributed by atoms with Gasteiger partial charge in [0.1, 0.15) is 5.82 Å². The lowest BCUT2D eigenvalue weighted by Crippen LogP contribution is -2.39. The largest absolute Gasteiger partial charge is 0.384 e. The highest BCUT2D eigenvalue weighted by Crippen LogP contribution is 2.47. The van der Waals surface area contributed by atoms with Gasteiger partial charge in [0.15, 0.2) is 5.78 Å². The van der Waals surface area contributed by atoms with Gasteiger partial charge < -0.3 is 5.73 Å². The second kappa shape index (κ2) is 10.9. The number of thioether (sulfide) groups is 1. The van der Waals surface area contributed by atoms with Gasteiger partial charge in [-0.05, 0) is 79.1 Å². The van der Waals surface area contributed by atoms with E-state index in [0.717, 1.165) is 58.0 Å². The Kier molecular flexibility index (Phi) is 7.44. The lowest BCUT2D eigenvalue weighted by atomic mass is 9.74. The zero-order chi connectivity index (χ0) is 26.8. The van der Waals surface area contributed by atoms with Crippen molar-refractivity contribution < 1.29 is 4.79 Å². The van der Waals surface area contributed by atoms with E-state index in [0.29, 0.717) is 17.8 Å². The number of hydrogen-bond acceptors (Lipinski definition) is 5. The molecule has 1 heterocycles. The number of nitrogens with two attached hydrogens (primary N) is 1. The van der Waals surface area contributed by atoms with Crippen LogP contribution in [0, 0.1) is 32.1 Å². The lowest BCUT2D eigenvalue weighted by Gasteiger charge is -2.40. The number of nitrogens with zero attached hydrogens (tertiary/aromatic N) is 2. The lowest BCUT2D eigenvalue weighted by molar-refractivity contribution is -0.116. The van der Waals surface area contributed by atoms with Crippen LogP contribution in [-0.4, -0.2) is 5.78 Å². The van der Waals surface area contributed by atoms with Crippen LogP contribution in [0.25, 0.3) is 0 Å². The highest BCUT2D eigenvalue weighted by atomic mass is 32.2. The van der Waals surface area contributed by atoms with Crippen molar-refractivity contribution in [3.8, 4) is 6.07 Å². The molecule has 5 rings (SSSR count). The minimum atomic E-state index is -0.442. The molecule has 0 radical (unpaired) electrons. The fourth-order valence-corrected chi connectivity index (χ4v) is 6.76. The highest BCUT2D eigenvalue weighted by Gasteiger charge is 2.41. The van der Waals surface area contributed by atoms with Gasteiger partial charge in [0.05, 0.1) is 17.6 Å². The number of allylic oxidation sites excluding steroid dienone is 3. The van der Waals surface area contributed by atoms with Crippen LogP contribution in [0.2, 0.25) is 0 Å². The molecule has 1 atom stereocenters. The molecule has 1 aliphatic heterocycles. The summed E-state index contributed by atoms with van der Waals surface area (Å²) in [4.78, 5) is 15.5. The molecule has 0 aromatic heterocycles. The molecule has 3 aromatic rings. The Morgan fingerprint density at radius 2 is 1.76 bits per heavy atom. The van der Waals surface area contributed by atoms with Crippen LogP contribution >= 0.6 is 11.8 Å². The average molecular weight is 520 g/mol. The van der Waals surface area contributed by atoms with Gasteiger partial charge in [-0.15, -0.1) is 0 Å². The maximum Gasteiger partial charge on any atom is 0.161 e. The topological polar surface area (TPSA) is 70.1 Å². The number of carbonyl (C=O) groups is 1. The van der Waals surface area contributed by atoms with Crippen molar-refractivity contribution >= 4 is 23.2 Å². The summed E-state index contributed by atoms with van der Waals surface area (Å²) in [6.07, 6.45) is 2.05. The fourth-order valence-electron chi connectivity index (χ4n) is 5.70. The smallest absolute Gasteiger partial charge is 0.161 e. The van der Waals surface area contributed by atoms with Crippen LogP contribution in [-0.2, 0) is 16.3 Å². The van der Waals surface area contributed by atoms with Crippen molar-refractivity contribution in [3.63, 3.8) is 0 Å². The van der Waals surface area contributed by atoms with Gasteiger partial charge in [-0.25, -0.2) is 0 Å². The first kappa shape index (κ1) is 25.9. The van der Waals surface area contributed by atoms with E-state index in [1.54, 1.807) is 0 Å². The van der Waals surface area contributed by atoms with Gasteiger partial charge in [-0.3, -0.25) is 9.69 Å². The number of hydrogen-bond donors (Lipinski definition) is 1. The predicted octanol–water partition coefficient (Wildman–Crippen LogP) is 7.35. The quantitative estimate of drug-likeness (QED) is 0.369. The standard InChI is InChI=1S/C33H33N3OS/c1-21-9-7-12-26(15-21)36-29-13-8-14-30(37)32(29)31(28(18-34)33(36)35)27-17-25(22(2)16-23(27)3)20-38-19-24-10-5-4-6-11-24/h4-7,9-12,15-17,31H,8,13-14,19-20,35H2,1-3H3. The summed E-state index contributed by atoms with van der Waals surface area (Å²) in [5.41, 5.74) is 16.8. The molecule has 0 amide bonds. The van der Waals surface area contributed by atoms with Crippen LogP contribution in [0.15, 0.2) is 89.4 Å². The summed E-state index contributed by atoms with van der Waals surface area (Å²) >= 11 is 1.88. The third-order valence-electron chi connectivity index (χ3n) is 7.58. The fraction of sp³-hybridized carbons (Fsp3) is 0.273. The van der Waals surface area contributed by atoms with Crippen LogP contribution in [0.1, 0.15) is 58.6 Å². The summed E-state index contributed by atoms with van der Waals surface area (Å²) in [6.45, 7) is 6.26. The van der Waals surface area contributed by atoms with Gasteiger partial charge in [0.25, 0.3) is 0 Å². The van der Waals surface area contributed by atoms with E-state index in [1.165, 1.54) is 16.7 Å². The Labute approximate surface area is 229 Å². The normalized spacial score (nSPS) is 17.5. The molecular weight excluding hydrogens is 486 g/mol. The van der Waals surface area contributed by atoms with E-state index in [-0.39, 0.29) is 5.78 Å². The number of ketones is 1. The van der Waals surface area contributed by atoms with Crippen molar-refractivity contribution in [2.24, 2.45) is 5.73 Å². The maximum absolute atomic E-state index is 13.6. The van der Waals surface area contributed by atoms with Crippen molar-refractivity contribution in [2.45, 2.75) is 57.5 Å². The predicted molar refractivity (Wildman–Crippen MR) is 156 cm³/mol. The van der Waals surface area contributed by atoms with Gasteiger partial charge in [0.2, 0.25) is 0 Å². The summed E-state index contributed by atoms with van der Waals surface area (Å²) < 4.78 is 0. The molecule has 1 unspecified atom stereocenters. The van der Waals surface area contributed by atoms with Gasteiger partial charge >= 0.3 is 0 Å². The number of carbonyl (C=O) groups excluding carboxylic acids is 1. The molecule has 0 fully saturated rings. The average Bonchev–Trinajstić information content (AvgIpc) is 2.90. The molecule has 38 heavy (non-hydrogen) atoms. The molecule has 0 saturated carbocycles. The summed E-state index contributed by atoms with van der Waals surface area (Å²) in [7, 11) is 0. The molecule has 0 saturated heterocycles.